The van der Waals surface area contributed by atoms with E-state index in [0.29, 0.717) is 5.92 Å². The molecule has 1 aromatic rings. The van der Waals surface area contributed by atoms with Crippen LogP contribution >= 0.6 is 0 Å². The third-order valence-corrected chi connectivity index (χ3v) is 3.93. The summed E-state index contributed by atoms with van der Waals surface area (Å²) in [7, 11) is 0. The predicted molar refractivity (Wildman–Crippen MR) is 73.2 cm³/mol. The first-order valence-electron chi connectivity index (χ1n) is 6.63. The van der Waals surface area contributed by atoms with Crippen molar-refractivity contribution in [3.63, 3.8) is 0 Å². The second-order valence-electron chi connectivity index (χ2n) is 5.75. The molecule has 0 aliphatic carbocycles. The zero-order chi connectivity index (χ0) is 13.2. The van der Waals surface area contributed by atoms with Gasteiger partial charge in [0.1, 0.15) is 5.76 Å². The van der Waals surface area contributed by atoms with Gasteiger partial charge >= 0.3 is 0 Å². The lowest BCUT2D eigenvalue weighted by Crippen LogP contribution is -2.49. The Morgan fingerprint density at radius 3 is 3.06 bits per heavy atom. The summed E-state index contributed by atoms with van der Waals surface area (Å²) in [4.78, 5) is 2.40. The summed E-state index contributed by atoms with van der Waals surface area (Å²) in [5.74, 6) is 1.23. The fourth-order valence-corrected chi connectivity index (χ4v) is 2.46. The van der Waals surface area contributed by atoms with Crippen molar-refractivity contribution in [3.05, 3.63) is 29.7 Å². The normalized spacial score (nSPS) is 30.7. The Balaban J connectivity index is 1.91. The second kappa shape index (κ2) is 5.29. The first-order chi connectivity index (χ1) is 8.47. The van der Waals surface area contributed by atoms with Crippen LogP contribution in [0.2, 0.25) is 0 Å². The highest BCUT2D eigenvalue weighted by molar-refractivity contribution is 5.46. The van der Waals surface area contributed by atoms with E-state index >= 15 is 0 Å². The zero-order valence-corrected chi connectivity index (χ0v) is 11.5. The molecular formula is C15H23NO2. The zero-order valence-electron chi connectivity index (χ0n) is 11.5. The van der Waals surface area contributed by atoms with Crippen molar-refractivity contribution in [2.75, 3.05) is 19.6 Å². The molecule has 0 spiro atoms. The molecule has 3 nitrogen and oxygen atoms in total. The molecule has 2 rings (SSSR count). The molecule has 1 fully saturated rings. The van der Waals surface area contributed by atoms with E-state index in [2.05, 4.69) is 24.8 Å². The monoisotopic (exact) mass is 249 g/mol. The Kier molecular flexibility index (Phi) is 3.93. The maximum atomic E-state index is 10.1. The number of hydrogen-bond donors (Lipinski definition) is 1. The molecule has 1 N–H and O–H groups in total. The SMILES string of the molecule is CC(=Cc1ccco1)CN1CC[C@](C)(O)[C@H](C)C1. The molecule has 1 aliphatic rings. The first kappa shape index (κ1) is 13.4. The van der Waals surface area contributed by atoms with E-state index in [4.69, 9.17) is 4.42 Å². The van der Waals surface area contributed by atoms with Gasteiger partial charge in [-0.05, 0) is 44.4 Å². The van der Waals surface area contributed by atoms with Crippen LogP contribution in [0.1, 0.15) is 33.0 Å². The van der Waals surface area contributed by atoms with Crippen LogP contribution < -0.4 is 0 Å². The van der Waals surface area contributed by atoms with Gasteiger partial charge in [0.2, 0.25) is 0 Å². The van der Waals surface area contributed by atoms with Crippen LogP contribution in [0.15, 0.2) is 28.4 Å². The summed E-state index contributed by atoms with van der Waals surface area (Å²) in [6.45, 7) is 9.05. The average Bonchev–Trinajstić information content (AvgIpc) is 2.76. The fourth-order valence-electron chi connectivity index (χ4n) is 2.46. The molecular weight excluding hydrogens is 226 g/mol. The lowest BCUT2D eigenvalue weighted by atomic mass is 9.84. The van der Waals surface area contributed by atoms with Crippen LogP contribution in [0, 0.1) is 5.92 Å². The molecule has 0 amide bonds. The highest BCUT2D eigenvalue weighted by Gasteiger charge is 2.34. The Morgan fingerprint density at radius 1 is 1.67 bits per heavy atom. The van der Waals surface area contributed by atoms with Gasteiger partial charge in [-0.25, -0.2) is 0 Å². The molecule has 0 saturated carbocycles. The summed E-state index contributed by atoms with van der Waals surface area (Å²) in [6, 6.07) is 3.87. The smallest absolute Gasteiger partial charge is 0.126 e. The Labute approximate surface area is 109 Å². The van der Waals surface area contributed by atoms with Gasteiger partial charge in [-0.2, -0.15) is 0 Å². The van der Waals surface area contributed by atoms with Gasteiger partial charge < -0.3 is 9.52 Å². The van der Waals surface area contributed by atoms with Crippen molar-refractivity contribution in [1.82, 2.24) is 4.90 Å². The molecule has 18 heavy (non-hydrogen) atoms. The van der Waals surface area contributed by atoms with E-state index in [1.165, 1.54) is 5.57 Å². The number of rotatable bonds is 3. The first-order valence-corrected chi connectivity index (χ1v) is 6.63. The number of hydrogen-bond acceptors (Lipinski definition) is 3. The van der Waals surface area contributed by atoms with Gasteiger partial charge in [-0.1, -0.05) is 12.5 Å². The minimum absolute atomic E-state index is 0.322. The molecule has 0 aromatic carbocycles. The maximum Gasteiger partial charge on any atom is 0.126 e. The largest absolute Gasteiger partial charge is 0.465 e. The lowest BCUT2D eigenvalue weighted by Gasteiger charge is -2.41. The minimum atomic E-state index is -0.505. The van der Waals surface area contributed by atoms with Crippen molar-refractivity contribution in [3.8, 4) is 0 Å². The van der Waals surface area contributed by atoms with Gasteiger partial charge in [-0.3, -0.25) is 4.90 Å². The number of nitrogens with zero attached hydrogens (tertiary/aromatic N) is 1. The summed E-state index contributed by atoms with van der Waals surface area (Å²) >= 11 is 0. The highest BCUT2D eigenvalue weighted by Crippen LogP contribution is 2.27. The minimum Gasteiger partial charge on any atom is -0.465 e. The number of furan rings is 1. The topological polar surface area (TPSA) is 36.6 Å². The van der Waals surface area contributed by atoms with E-state index in [0.717, 1.165) is 31.8 Å². The van der Waals surface area contributed by atoms with E-state index < -0.39 is 5.60 Å². The highest BCUT2D eigenvalue weighted by atomic mass is 16.3. The molecule has 0 radical (unpaired) electrons. The molecule has 1 saturated heterocycles. The summed E-state index contributed by atoms with van der Waals surface area (Å²) in [5.41, 5.74) is 0.786. The lowest BCUT2D eigenvalue weighted by molar-refractivity contribution is -0.0484. The summed E-state index contributed by atoms with van der Waals surface area (Å²) < 4.78 is 5.31. The third-order valence-electron chi connectivity index (χ3n) is 3.93. The van der Waals surface area contributed by atoms with Crippen molar-refractivity contribution in [2.45, 2.75) is 32.8 Å². The Bertz CT molecular complexity index is 406. The van der Waals surface area contributed by atoms with Gasteiger partial charge in [0, 0.05) is 19.6 Å². The van der Waals surface area contributed by atoms with Crippen LogP contribution in [0.5, 0.6) is 0 Å². The van der Waals surface area contributed by atoms with Crippen LogP contribution in [-0.2, 0) is 0 Å². The van der Waals surface area contributed by atoms with Gasteiger partial charge in [0.25, 0.3) is 0 Å². The second-order valence-corrected chi connectivity index (χ2v) is 5.75. The molecule has 1 aliphatic heterocycles. The predicted octanol–water partition coefficient (Wildman–Crippen LogP) is 2.78. The van der Waals surface area contributed by atoms with E-state index in [9.17, 15) is 5.11 Å². The van der Waals surface area contributed by atoms with Crippen LogP contribution in [0.4, 0.5) is 0 Å². The van der Waals surface area contributed by atoms with E-state index in [-0.39, 0.29) is 0 Å². The standard InChI is InChI=1S/C15H23NO2/c1-12(9-14-5-4-8-18-14)10-16-7-6-15(3,17)13(2)11-16/h4-5,8-9,13,17H,6-7,10-11H2,1-3H3/t13-,15+/m1/s1. The fraction of sp³-hybridized carbons (Fsp3) is 0.600. The van der Waals surface area contributed by atoms with Crippen molar-refractivity contribution < 1.29 is 9.52 Å². The Hall–Kier alpha value is -1.06. The van der Waals surface area contributed by atoms with E-state index in [1.54, 1.807) is 6.26 Å². The van der Waals surface area contributed by atoms with Crippen LogP contribution in [0.3, 0.4) is 0 Å². The van der Waals surface area contributed by atoms with Crippen LogP contribution in [-0.4, -0.2) is 35.2 Å². The van der Waals surface area contributed by atoms with Crippen molar-refractivity contribution in [1.29, 1.82) is 0 Å². The Morgan fingerprint density at radius 2 is 2.44 bits per heavy atom. The molecule has 3 heteroatoms. The van der Waals surface area contributed by atoms with Crippen LogP contribution in [0.25, 0.3) is 6.08 Å². The molecule has 100 valence electrons. The number of piperidine rings is 1. The third kappa shape index (κ3) is 3.24. The number of likely N-dealkylation sites (tertiary alicyclic amines) is 1. The molecule has 0 bridgehead atoms. The average molecular weight is 249 g/mol. The summed E-state index contributed by atoms with van der Waals surface area (Å²) in [6.07, 6.45) is 4.62. The van der Waals surface area contributed by atoms with Crippen molar-refractivity contribution >= 4 is 6.08 Å². The van der Waals surface area contributed by atoms with Crippen molar-refractivity contribution in [2.24, 2.45) is 5.92 Å². The molecule has 1 aromatic heterocycles. The van der Waals surface area contributed by atoms with Gasteiger partial charge in [-0.15, -0.1) is 0 Å². The number of aliphatic hydroxyl groups is 1. The molecule has 0 unspecified atom stereocenters. The quantitative estimate of drug-likeness (QED) is 0.895. The van der Waals surface area contributed by atoms with Gasteiger partial charge in [0.15, 0.2) is 0 Å². The molecule has 2 atom stereocenters. The maximum absolute atomic E-state index is 10.1. The molecule has 2 heterocycles. The van der Waals surface area contributed by atoms with Gasteiger partial charge in [0.05, 0.1) is 11.9 Å². The van der Waals surface area contributed by atoms with E-state index in [1.807, 2.05) is 19.1 Å². The summed E-state index contributed by atoms with van der Waals surface area (Å²) in [5, 5.41) is 10.1.